The first kappa shape index (κ1) is 48.8. The Hall–Kier alpha value is -1.24. The van der Waals surface area contributed by atoms with Crippen molar-refractivity contribution in [2.24, 2.45) is 5.73 Å². The molecule has 0 saturated carbocycles. The molecule has 50 heavy (non-hydrogen) atoms. The van der Waals surface area contributed by atoms with Gasteiger partial charge < -0.3 is 25.7 Å². The van der Waals surface area contributed by atoms with Crippen molar-refractivity contribution in [1.82, 2.24) is 9.80 Å². The lowest BCUT2D eigenvalue weighted by Crippen LogP contribution is -2.38. The molecule has 2 unspecified atom stereocenters. The first-order chi connectivity index (χ1) is 24.6. The maximum absolute atomic E-state index is 10.4. The fourth-order valence-electron chi connectivity index (χ4n) is 6.35. The molecule has 5 heteroatoms. The van der Waals surface area contributed by atoms with Crippen molar-refractivity contribution in [3.63, 3.8) is 0 Å². The molecule has 0 aromatic carbocycles. The van der Waals surface area contributed by atoms with Gasteiger partial charge in [0.05, 0.1) is 12.2 Å². The number of aliphatic hydroxyl groups excluding tert-OH is 2. The van der Waals surface area contributed by atoms with E-state index in [1.54, 1.807) is 0 Å². The van der Waals surface area contributed by atoms with Crippen LogP contribution in [0.25, 0.3) is 0 Å². The van der Waals surface area contributed by atoms with Crippen LogP contribution >= 0.6 is 0 Å². The number of nitrogens with zero attached hydrogens (tertiary/aromatic N) is 2. The molecule has 0 aromatic rings. The molecular weight excluding hydrogens is 615 g/mol. The zero-order chi connectivity index (χ0) is 36.6. The average molecular weight is 702 g/mol. The normalized spacial score (nSPS) is 13.8. The van der Waals surface area contributed by atoms with Crippen molar-refractivity contribution < 1.29 is 10.2 Å². The Morgan fingerprint density at radius 2 is 0.740 bits per heavy atom. The van der Waals surface area contributed by atoms with Crippen LogP contribution in [0, 0.1) is 0 Å². The van der Waals surface area contributed by atoms with Crippen molar-refractivity contribution in [1.29, 1.82) is 0 Å². The molecule has 4 N–H and O–H groups in total. The van der Waals surface area contributed by atoms with E-state index in [9.17, 15) is 10.2 Å². The molecule has 2 atom stereocenters. The Morgan fingerprint density at radius 1 is 0.420 bits per heavy atom. The maximum atomic E-state index is 10.4. The Morgan fingerprint density at radius 3 is 1.10 bits per heavy atom. The van der Waals surface area contributed by atoms with Crippen LogP contribution in [-0.4, -0.2) is 78.0 Å². The highest BCUT2D eigenvalue weighted by atomic mass is 16.3. The lowest BCUT2D eigenvalue weighted by molar-refractivity contribution is 0.102. The summed E-state index contributed by atoms with van der Waals surface area (Å²) >= 11 is 0. The number of hydrogen-bond donors (Lipinski definition) is 3. The average Bonchev–Trinajstić information content (AvgIpc) is 3.12. The minimum Gasteiger partial charge on any atom is -0.392 e. The van der Waals surface area contributed by atoms with E-state index in [1.165, 1.54) is 128 Å². The second-order valence-electron chi connectivity index (χ2n) is 14.7. The van der Waals surface area contributed by atoms with Crippen LogP contribution in [0.15, 0.2) is 48.6 Å². The molecule has 0 radical (unpaired) electrons. The molecule has 5 nitrogen and oxygen atoms in total. The van der Waals surface area contributed by atoms with Gasteiger partial charge in [-0.25, -0.2) is 0 Å². The third kappa shape index (κ3) is 36.5. The van der Waals surface area contributed by atoms with Crippen LogP contribution in [-0.2, 0) is 0 Å². The zero-order valence-corrected chi connectivity index (χ0v) is 33.8. The van der Waals surface area contributed by atoms with Crippen molar-refractivity contribution >= 4 is 0 Å². The molecule has 0 fully saturated rings. The van der Waals surface area contributed by atoms with Crippen LogP contribution in [0.2, 0.25) is 0 Å². The Labute approximate surface area is 312 Å². The number of nitrogens with two attached hydrogens (primary N) is 1. The van der Waals surface area contributed by atoms with E-state index in [0.29, 0.717) is 13.1 Å². The summed E-state index contributed by atoms with van der Waals surface area (Å²) in [6.07, 6.45) is 48.7. The van der Waals surface area contributed by atoms with E-state index >= 15 is 0 Å². The van der Waals surface area contributed by atoms with Crippen LogP contribution in [0.3, 0.4) is 0 Å². The quantitative estimate of drug-likeness (QED) is 0.0439. The van der Waals surface area contributed by atoms with E-state index in [-0.39, 0.29) is 6.10 Å². The SMILES string of the molecule is CCCCC/C=C\C/C=C/CCCCCCCCN(CCCCN(CCCCCC/C=C/C/C=C\CCCCC)CC(O)CC)CC(O)CN. The maximum Gasteiger partial charge on any atom is 0.0789 e. The van der Waals surface area contributed by atoms with Crippen LogP contribution in [0.1, 0.15) is 181 Å². The van der Waals surface area contributed by atoms with Crippen molar-refractivity contribution in [2.45, 2.75) is 193 Å². The fourth-order valence-corrected chi connectivity index (χ4v) is 6.35. The third-order valence-electron chi connectivity index (χ3n) is 9.73. The second kappa shape index (κ2) is 40.5. The predicted molar refractivity (Wildman–Crippen MR) is 223 cm³/mol. The van der Waals surface area contributed by atoms with Gasteiger partial charge in [-0.05, 0) is 122 Å². The fraction of sp³-hybridized carbons (Fsp3) is 0.822. The van der Waals surface area contributed by atoms with Crippen molar-refractivity contribution in [2.75, 3.05) is 45.8 Å². The van der Waals surface area contributed by atoms with Gasteiger partial charge in [0.1, 0.15) is 0 Å². The lowest BCUT2D eigenvalue weighted by Gasteiger charge is -2.27. The molecular formula is C45H87N3O2. The summed E-state index contributed by atoms with van der Waals surface area (Å²) in [5.41, 5.74) is 5.77. The molecule has 0 aliphatic carbocycles. The minimum absolute atomic E-state index is 0.235. The van der Waals surface area contributed by atoms with E-state index in [1.807, 2.05) is 0 Å². The first-order valence-corrected chi connectivity index (χ1v) is 21.7. The highest BCUT2D eigenvalue weighted by Crippen LogP contribution is 2.11. The molecule has 0 heterocycles. The van der Waals surface area contributed by atoms with Crippen molar-refractivity contribution in [3.8, 4) is 0 Å². The number of unbranched alkanes of at least 4 members (excludes halogenated alkanes) is 17. The van der Waals surface area contributed by atoms with Gasteiger partial charge >= 0.3 is 0 Å². The van der Waals surface area contributed by atoms with Gasteiger partial charge in [-0.3, -0.25) is 0 Å². The summed E-state index contributed by atoms with van der Waals surface area (Å²) < 4.78 is 0. The molecule has 0 amide bonds. The summed E-state index contributed by atoms with van der Waals surface area (Å²) in [4.78, 5) is 4.92. The first-order valence-electron chi connectivity index (χ1n) is 21.7. The largest absolute Gasteiger partial charge is 0.392 e. The highest BCUT2D eigenvalue weighted by Gasteiger charge is 2.13. The second-order valence-corrected chi connectivity index (χ2v) is 14.7. The van der Waals surface area contributed by atoms with E-state index in [0.717, 1.165) is 64.8 Å². The monoisotopic (exact) mass is 702 g/mol. The van der Waals surface area contributed by atoms with Gasteiger partial charge in [0.2, 0.25) is 0 Å². The number of rotatable bonds is 39. The number of hydrogen-bond acceptors (Lipinski definition) is 5. The molecule has 0 aromatic heterocycles. The summed E-state index contributed by atoms with van der Waals surface area (Å²) in [7, 11) is 0. The van der Waals surface area contributed by atoms with Gasteiger partial charge in [-0.15, -0.1) is 0 Å². The molecule has 294 valence electrons. The summed E-state index contributed by atoms with van der Waals surface area (Å²) in [6.45, 7) is 12.6. The van der Waals surface area contributed by atoms with Crippen LogP contribution in [0.5, 0.6) is 0 Å². The molecule has 0 saturated heterocycles. The third-order valence-corrected chi connectivity index (χ3v) is 9.73. The minimum atomic E-state index is -0.441. The van der Waals surface area contributed by atoms with E-state index < -0.39 is 6.10 Å². The Bertz CT molecular complexity index is 780. The number of allylic oxidation sites excluding steroid dienone is 8. The van der Waals surface area contributed by atoms with Gasteiger partial charge in [0.25, 0.3) is 0 Å². The van der Waals surface area contributed by atoms with E-state index in [4.69, 9.17) is 5.73 Å². The van der Waals surface area contributed by atoms with Crippen molar-refractivity contribution in [3.05, 3.63) is 48.6 Å². The van der Waals surface area contributed by atoms with Gasteiger partial charge in [-0.2, -0.15) is 0 Å². The molecule has 0 aliphatic heterocycles. The standard InChI is InChI=1S/C45H87N3O2/c1-4-7-9-11-13-15-17-19-21-22-24-26-28-30-32-34-38-48(43-45(50)41-46)40-36-35-39-47(42-44(49)6-3)37-33-31-29-27-25-23-20-18-16-14-12-10-8-5-2/h13-16,19-21,23,44-45,49-50H,4-12,17-18,22,24-43,46H2,1-3H3/b15-13-,16-14-,21-19+,23-20+. The molecule has 0 bridgehead atoms. The Balaban J connectivity index is 4.17. The van der Waals surface area contributed by atoms with Gasteiger partial charge in [0, 0.05) is 19.6 Å². The summed E-state index contributed by atoms with van der Waals surface area (Å²) in [5, 5.41) is 20.6. The summed E-state index contributed by atoms with van der Waals surface area (Å²) in [5.74, 6) is 0. The van der Waals surface area contributed by atoms with Gasteiger partial charge in [-0.1, -0.05) is 134 Å². The lowest BCUT2D eigenvalue weighted by atomic mass is 10.1. The molecule has 0 spiro atoms. The van der Waals surface area contributed by atoms with Crippen LogP contribution < -0.4 is 5.73 Å². The highest BCUT2D eigenvalue weighted by molar-refractivity contribution is 4.93. The zero-order valence-electron chi connectivity index (χ0n) is 33.8. The predicted octanol–water partition coefficient (Wildman–Crippen LogP) is 11.3. The number of aliphatic hydroxyl groups is 2. The van der Waals surface area contributed by atoms with E-state index in [2.05, 4.69) is 79.2 Å². The van der Waals surface area contributed by atoms with Crippen LogP contribution in [0.4, 0.5) is 0 Å². The molecule has 0 rings (SSSR count). The van der Waals surface area contributed by atoms with Gasteiger partial charge in [0.15, 0.2) is 0 Å². The Kier molecular flexibility index (Phi) is 39.5. The molecule has 0 aliphatic rings. The smallest absolute Gasteiger partial charge is 0.0789 e. The summed E-state index contributed by atoms with van der Waals surface area (Å²) in [6, 6.07) is 0. The topological polar surface area (TPSA) is 73.0 Å².